The van der Waals surface area contributed by atoms with E-state index in [1.807, 2.05) is 24.3 Å². The number of hydrogen-bond donors (Lipinski definition) is 1. The molecule has 0 radical (unpaired) electrons. The van der Waals surface area contributed by atoms with Crippen molar-refractivity contribution in [2.24, 2.45) is 0 Å². The molecule has 1 N–H and O–H groups in total. The number of hydrogen-bond acceptors (Lipinski definition) is 4. The Morgan fingerprint density at radius 2 is 2.18 bits per heavy atom. The van der Waals surface area contributed by atoms with Crippen molar-refractivity contribution < 1.29 is 9.53 Å². The molecule has 0 amide bonds. The van der Waals surface area contributed by atoms with Crippen LogP contribution < -0.4 is 5.32 Å². The number of fused-ring (bicyclic) bond motifs is 1. The number of aromatic nitrogens is 1. The van der Waals surface area contributed by atoms with Crippen LogP contribution in [0.2, 0.25) is 0 Å². The summed E-state index contributed by atoms with van der Waals surface area (Å²) in [5, 5.41) is 3.75. The maximum Gasteiger partial charge on any atom is 0.338 e. The van der Waals surface area contributed by atoms with Crippen molar-refractivity contribution in [1.82, 2.24) is 4.98 Å². The Balaban J connectivity index is 2.62. The lowest BCUT2D eigenvalue weighted by Gasteiger charge is -2.08. The predicted octanol–water partition coefficient (Wildman–Crippen LogP) is 2.45. The van der Waals surface area contributed by atoms with Crippen LogP contribution >= 0.6 is 0 Å². The Bertz CT molecular complexity index is 552. The smallest absolute Gasteiger partial charge is 0.338 e. The minimum absolute atomic E-state index is 0.317. The van der Waals surface area contributed by atoms with Gasteiger partial charge in [0.15, 0.2) is 0 Å². The summed E-state index contributed by atoms with van der Waals surface area (Å²) in [5.41, 5.74) is 1.32. The first-order chi connectivity index (χ1) is 8.26. The van der Waals surface area contributed by atoms with Gasteiger partial charge >= 0.3 is 5.97 Å². The van der Waals surface area contributed by atoms with E-state index in [-0.39, 0.29) is 5.97 Å². The molecule has 2 rings (SSSR count). The second-order valence-corrected chi connectivity index (χ2v) is 3.54. The first-order valence-electron chi connectivity index (χ1n) is 5.51. The minimum Gasteiger partial charge on any atom is -0.462 e. The Hall–Kier alpha value is -2.10. The van der Waals surface area contributed by atoms with Gasteiger partial charge in [-0.1, -0.05) is 18.2 Å². The van der Waals surface area contributed by atoms with Crippen LogP contribution in [0.25, 0.3) is 10.9 Å². The zero-order valence-corrected chi connectivity index (χ0v) is 9.86. The summed E-state index contributed by atoms with van der Waals surface area (Å²) in [6, 6.07) is 9.22. The molecule has 4 heteroatoms. The van der Waals surface area contributed by atoms with Gasteiger partial charge in [-0.25, -0.2) is 9.78 Å². The summed E-state index contributed by atoms with van der Waals surface area (Å²) in [7, 11) is 1.77. The Kier molecular flexibility index (Phi) is 3.23. The van der Waals surface area contributed by atoms with Crippen molar-refractivity contribution >= 4 is 22.7 Å². The number of para-hydroxylation sites is 1. The summed E-state index contributed by atoms with van der Waals surface area (Å²) in [6.07, 6.45) is 0. The number of nitrogens with zero attached hydrogens (tertiary/aromatic N) is 1. The fourth-order valence-electron chi connectivity index (χ4n) is 1.68. The van der Waals surface area contributed by atoms with E-state index in [9.17, 15) is 4.79 Å². The maximum absolute atomic E-state index is 11.8. The molecule has 0 fully saturated rings. The number of pyridine rings is 1. The van der Waals surface area contributed by atoms with Gasteiger partial charge in [-0.05, 0) is 19.1 Å². The van der Waals surface area contributed by atoms with Crippen molar-refractivity contribution in [3.8, 4) is 0 Å². The Labute approximate surface area is 99.6 Å². The molecular formula is C13H14N2O2. The summed E-state index contributed by atoms with van der Waals surface area (Å²) >= 11 is 0. The van der Waals surface area contributed by atoms with E-state index in [1.54, 1.807) is 20.0 Å². The number of carbonyl (C=O) groups is 1. The number of esters is 1. The van der Waals surface area contributed by atoms with Crippen LogP contribution in [0, 0.1) is 0 Å². The Morgan fingerprint density at radius 3 is 2.88 bits per heavy atom. The van der Waals surface area contributed by atoms with Crippen LogP contribution in [0.1, 0.15) is 17.3 Å². The topological polar surface area (TPSA) is 51.2 Å². The molecule has 4 nitrogen and oxygen atoms in total. The summed E-state index contributed by atoms with van der Waals surface area (Å²) < 4.78 is 5.04. The van der Waals surface area contributed by atoms with Gasteiger partial charge in [-0.2, -0.15) is 0 Å². The third kappa shape index (κ3) is 2.20. The third-order valence-electron chi connectivity index (χ3n) is 2.47. The van der Waals surface area contributed by atoms with Gasteiger partial charge in [-0.15, -0.1) is 0 Å². The average Bonchev–Trinajstić information content (AvgIpc) is 2.37. The van der Waals surface area contributed by atoms with Gasteiger partial charge in [0.25, 0.3) is 0 Å². The molecule has 0 spiro atoms. The van der Waals surface area contributed by atoms with E-state index in [0.29, 0.717) is 18.0 Å². The molecule has 17 heavy (non-hydrogen) atoms. The van der Waals surface area contributed by atoms with Gasteiger partial charge in [0.1, 0.15) is 5.82 Å². The quantitative estimate of drug-likeness (QED) is 0.823. The third-order valence-corrected chi connectivity index (χ3v) is 2.47. The lowest BCUT2D eigenvalue weighted by molar-refractivity contribution is 0.0528. The largest absolute Gasteiger partial charge is 0.462 e. The minimum atomic E-state index is -0.317. The zero-order chi connectivity index (χ0) is 12.3. The van der Waals surface area contributed by atoms with Gasteiger partial charge in [0.2, 0.25) is 0 Å². The van der Waals surface area contributed by atoms with Gasteiger partial charge in [0.05, 0.1) is 17.7 Å². The molecule has 88 valence electrons. The molecule has 0 unspecified atom stereocenters. The lowest BCUT2D eigenvalue weighted by Crippen LogP contribution is -2.07. The molecule has 1 aromatic heterocycles. The van der Waals surface area contributed by atoms with E-state index in [2.05, 4.69) is 10.3 Å². The molecule has 0 aliphatic rings. The molecule has 0 atom stereocenters. The van der Waals surface area contributed by atoms with E-state index >= 15 is 0 Å². The zero-order valence-electron chi connectivity index (χ0n) is 9.86. The highest BCUT2D eigenvalue weighted by molar-refractivity contribution is 6.04. The van der Waals surface area contributed by atoms with Gasteiger partial charge in [-0.3, -0.25) is 0 Å². The number of carbonyl (C=O) groups excluding carboxylic acids is 1. The van der Waals surface area contributed by atoms with Crippen LogP contribution in [0.15, 0.2) is 30.3 Å². The molecule has 0 aliphatic carbocycles. The van der Waals surface area contributed by atoms with Crippen LogP contribution in [0.4, 0.5) is 5.82 Å². The van der Waals surface area contributed by atoms with Crippen molar-refractivity contribution in [1.29, 1.82) is 0 Å². The molecule has 1 heterocycles. The number of rotatable bonds is 3. The van der Waals surface area contributed by atoms with E-state index < -0.39 is 0 Å². The van der Waals surface area contributed by atoms with Crippen LogP contribution in [-0.4, -0.2) is 24.6 Å². The molecule has 0 saturated carbocycles. The Morgan fingerprint density at radius 1 is 1.41 bits per heavy atom. The summed E-state index contributed by atoms with van der Waals surface area (Å²) in [5.74, 6) is 0.342. The molecule has 0 saturated heterocycles. The molecule has 0 bridgehead atoms. The second kappa shape index (κ2) is 4.82. The monoisotopic (exact) mass is 230 g/mol. The highest BCUT2D eigenvalue weighted by Crippen LogP contribution is 2.21. The predicted molar refractivity (Wildman–Crippen MR) is 67.2 cm³/mol. The average molecular weight is 230 g/mol. The number of benzene rings is 1. The lowest BCUT2D eigenvalue weighted by atomic mass is 10.1. The summed E-state index contributed by atoms with van der Waals surface area (Å²) in [6.45, 7) is 2.16. The number of ether oxygens (including phenoxy) is 1. The van der Waals surface area contributed by atoms with Gasteiger partial charge in [0, 0.05) is 12.4 Å². The normalized spacial score (nSPS) is 10.2. The first kappa shape index (κ1) is 11.4. The molecule has 0 aliphatic heterocycles. The van der Waals surface area contributed by atoms with Crippen LogP contribution in [-0.2, 0) is 4.74 Å². The van der Waals surface area contributed by atoms with E-state index in [1.165, 1.54) is 0 Å². The molecule has 1 aromatic carbocycles. The number of nitrogens with one attached hydrogen (secondary N) is 1. The highest BCUT2D eigenvalue weighted by atomic mass is 16.5. The SMILES string of the molecule is CCOC(=O)c1cc(NC)nc2ccccc12. The van der Waals surface area contributed by atoms with Crippen LogP contribution in [0.5, 0.6) is 0 Å². The van der Waals surface area contributed by atoms with Crippen molar-refractivity contribution in [3.05, 3.63) is 35.9 Å². The fraction of sp³-hybridized carbons (Fsp3) is 0.231. The van der Waals surface area contributed by atoms with Crippen molar-refractivity contribution in [2.75, 3.05) is 19.0 Å². The standard InChI is InChI=1S/C13H14N2O2/c1-3-17-13(16)10-8-12(14-2)15-11-7-5-4-6-9(10)11/h4-8H,3H2,1-2H3,(H,14,15). The number of anilines is 1. The summed E-state index contributed by atoms with van der Waals surface area (Å²) in [4.78, 5) is 16.2. The molecule has 2 aromatic rings. The fourth-order valence-corrected chi connectivity index (χ4v) is 1.68. The van der Waals surface area contributed by atoms with E-state index in [0.717, 1.165) is 10.9 Å². The second-order valence-electron chi connectivity index (χ2n) is 3.54. The highest BCUT2D eigenvalue weighted by Gasteiger charge is 2.13. The van der Waals surface area contributed by atoms with Gasteiger partial charge < -0.3 is 10.1 Å². The molecular weight excluding hydrogens is 216 g/mol. The first-order valence-corrected chi connectivity index (χ1v) is 5.51. The van der Waals surface area contributed by atoms with Crippen molar-refractivity contribution in [3.63, 3.8) is 0 Å². The van der Waals surface area contributed by atoms with E-state index in [4.69, 9.17) is 4.74 Å². The van der Waals surface area contributed by atoms with Crippen molar-refractivity contribution in [2.45, 2.75) is 6.92 Å². The maximum atomic E-state index is 11.8. The van der Waals surface area contributed by atoms with Crippen LogP contribution in [0.3, 0.4) is 0 Å².